The molecule has 1 unspecified atom stereocenters. The number of carbonyl (C=O) groups is 1. The predicted octanol–water partition coefficient (Wildman–Crippen LogP) is 2.86. The summed E-state index contributed by atoms with van der Waals surface area (Å²) in [6, 6.07) is 5.42. The van der Waals surface area contributed by atoms with Crippen LogP contribution in [0.2, 0.25) is 0 Å². The first-order chi connectivity index (χ1) is 12.4. The number of benzene rings is 1. The van der Waals surface area contributed by atoms with Crippen LogP contribution in [0, 0.1) is 5.82 Å². The molecule has 0 bridgehead atoms. The Morgan fingerprint density at radius 2 is 2.08 bits per heavy atom. The Kier molecular flexibility index (Phi) is 4.88. The van der Waals surface area contributed by atoms with Crippen LogP contribution in [0.25, 0.3) is 10.9 Å². The van der Waals surface area contributed by atoms with Crippen LogP contribution in [-0.2, 0) is 11.3 Å². The van der Waals surface area contributed by atoms with Gasteiger partial charge in [0.1, 0.15) is 17.7 Å². The van der Waals surface area contributed by atoms with Crippen molar-refractivity contribution in [1.82, 2.24) is 19.9 Å². The van der Waals surface area contributed by atoms with Gasteiger partial charge in [-0.05, 0) is 36.6 Å². The maximum atomic E-state index is 13.2. The van der Waals surface area contributed by atoms with Crippen molar-refractivity contribution >= 4 is 16.8 Å². The minimum absolute atomic E-state index is 0.0948. The van der Waals surface area contributed by atoms with Gasteiger partial charge in [-0.1, -0.05) is 13.8 Å². The molecule has 2 heterocycles. The number of aromatic amines is 1. The predicted molar refractivity (Wildman–Crippen MR) is 97.4 cm³/mol. The lowest BCUT2D eigenvalue weighted by atomic mass is 10.1. The molecule has 6 nitrogen and oxygen atoms in total. The van der Waals surface area contributed by atoms with Crippen molar-refractivity contribution in [3.8, 4) is 0 Å². The molecular weight excluding hydrogens is 335 g/mol. The second-order valence-corrected chi connectivity index (χ2v) is 6.60. The highest BCUT2D eigenvalue weighted by molar-refractivity contribution is 5.81. The maximum absolute atomic E-state index is 13.2. The van der Waals surface area contributed by atoms with Gasteiger partial charge in [-0.15, -0.1) is 0 Å². The lowest BCUT2D eigenvalue weighted by Gasteiger charge is -2.17. The van der Waals surface area contributed by atoms with Gasteiger partial charge in [0.2, 0.25) is 5.91 Å². The highest BCUT2D eigenvalue weighted by Crippen LogP contribution is 2.17. The van der Waals surface area contributed by atoms with E-state index in [1.807, 2.05) is 18.4 Å². The number of hydrogen-bond acceptors (Lipinski definition) is 3. The molecule has 0 radical (unpaired) electrons. The van der Waals surface area contributed by atoms with Gasteiger partial charge in [0.15, 0.2) is 0 Å². The molecule has 0 aliphatic carbocycles. The van der Waals surface area contributed by atoms with Gasteiger partial charge in [-0.2, -0.15) is 0 Å². The molecule has 2 aromatic heterocycles. The fourth-order valence-electron chi connectivity index (χ4n) is 2.91. The van der Waals surface area contributed by atoms with E-state index in [9.17, 15) is 14.0 Å². The quantitative estimate of drug-likeness (QED) is 0.738. The third-order valence-electron chi connectivity index (χ3n) is 4.35. The molecule has 26 heavy (non-hydrogen) atoms. The first-order valence-electron chi connectivity index (χ1n) is 8.48. The fraction of sp³-hybridized carbons (Fsp3) is 0.316. The lowest BCUT2D eigenvalue weighted by Crippen LogP contribution is -2.33. The Balaban J connectivity index is 1.76. The van der Waals surface area contributed by atoms with E-state index in [1.165, 1.54) is 12.1 Å². The second-order valence-electron chi connectivity index (χ2n) is 6.60. The molecule has 0 saturated heterocycles. The Hall–Kier alpha value is -2.96. The number of imidazole rings is 1. The summed E-state index contributed by atoms with van der Waals surface area (Å²) in [4.78, 5) is 31.6. The second kappa shape index (κ2) is 7.11. The van der Waals surface area contributed by atoms with Crippen molar-refractivity contribution in [3.05, 3.63) is 64.2 Å². The van der Waals surface area contributed by atoms with Crippen molar-refractivity contribution in [2.24, 2.45) is 0 Å². The minimum atomic E-state index is -0.441. The molecule has 1 atom stereocenters. The maximum Gasteiger partial charge on any atom is 0.253 e. The van der Waals surface area contributed by atoms with Gasteiger partial charge < -0.3 is 14.9 Å². The van der Waals surface area contributed by atoms with Crippen LogP contribution in [0.3, 0.4) is 0 Å². The summed E-state index contributed by atoms with van der Waals surface area (Å²) < 4.78 is 15.1. The van der Waals surface area contributed by atoms with E-state index >= 15 is 0 Å². The number of fused-ring (bicyclic) bond motifs is 1. The summed E-state index contributed by atoms with van der Waals surface area (Å²) in [5, 5.41) is 3.50. The Labute approximate surface area is 150 Å². The highest BCUT2D eigenvalue weighted by Gasteiger charge is 2.19. The summed E-state index contributed by atoms with van der Waals surface area (Å²) in [5.41, 5.74) is 0.499. The van der Waals surface area contributed by atoms with Crippen LogP contribution in [0.5, 0.6) is 0 Å². The van der Waals surface area contributed by atoms with Crippen LogP contribution in [0.15, 0.2) is 41.5 Å². The first-order valence-corrected chi connectivity index (χ1v) is 8.48. The molecule has 0 aliphatic rings. The molecule has 0 fully saturated rings. The van der Waals surface area contributed by atoms with E-state index in [-0.39, 0.29) is 23.9 Å². The summed E-state index contributed by atoms with van der Waals surface area (Å²) in [7, 11) is 0. The number of pyridine rings is 1. The van der Waals surface area contributed by atoms with Crippen LogP contribution in [0.1, 0.15) is 44.1 Å². The molecule has 1 amide bonds. The average Bonchev–Trinajstić information content (AvgIpc) is 3.09. The molecule has 0 saturated carbocycles. The van der Waals surface area contributed by atoms with Crippen molar-refractivity contribution < 1.29 is 9.18 Å². The van der Waals surface area contributed by atoms with E-state index in [2.05, 4.69) is 15.3 Å². The zero-order valence-corrected chi connectivity index (χ0v) is 14.9. The first kappa shape index (κ1) is 17.8. The molecule has 0 spiro atoms. The lowest BCUT2D eigenvalue weighted by molar-refractivity contribution is -0.124. The summed E-state index contributed by atoms with van der Waals surface area (Å²) >= 11 is 0. The van der Waals surface area contributed by atoms with E-state index < -0.39 is 11.9 Å². The monoisotopic (exact) mass is 356 g/mol. The number of carbonyl (C=O) groups excluding carboxylic acids is 1. The standard InChI is InChI=1S/C19H21FN4O2/c1-11(2)17-21-6-7-24(17)12(3)18(25)22-10-14-8-13-4-5-15(20)9-16(13)23-19(14)26/h4-9,11-12H,10H2,1-3H3,(H,22,25)(H,23,26). The van der Waals surface area contributed by atoms with Gasteiger partial charge in [0, 0.05) is 30.4 Å². The average molecular weight is 356 g/mol. The van der Waals surface area contributed by atoms with Gasteiger partial charge in [0.25, 0.3) is 5.56 Å². The Bertz CT molecular complexity index is 1010. The van der Waals surface area contributed by atoms with Crippen molar-refractivity contribution in [2.75, 3.05) is 0 Å². The Morgan fingerprint density at radius 1 is 1.31 bits per heavy atom. The number of nitrogens with zero attached hydrogens (tertiary/aromatic N) is 2. The molecule has 7 heteroatoms. The number of halogens is 1. The third kappa shape index (κ3) is 3.51. The van der Waals surface area contributed by atoms with Crippen LogP contribution in [-0.4, -0.2) is 20.4 Å². The zero-order valence-electron chi connectivity index (χ0n) is 14.9. The number of aromatic nitrogens is 3. The number of amides is 1. The van der Waals surface area contributed by atoms with Gasteiger partial charge >= 0.3 is 0 Å². The molecule has 3 aromatic rings. The SMILES string of the molecule is CC(C)c1nccn1C(C)C(=O)NCc1cc2ccc(F)cc2[nH]c1=O. The largest absolute Gasteiger partial charge is 0.350 e. The topological polar surface area (TPSA) is 79.8 Å². The highest BCUT2D eigenvalue weighted by atomic mass is 19.1. The summed E-state index contributed by atoms with van der Waals surface area (Å²) in [6.45, 7) is 5.91. The molecule has 136 valence electrons. The third-order valence-corrected chi connectivity index (χ3v) is 4.35. The van der Waals surface area contributed by atoms with E-state index in [1.54, 1.807) is 31.5 Å². The fourth-order valence-corrected chi connectivity index (χ4v) is 2.91. The van der Waals surface area contributed by atoms with E-state index in [0.717, 1.165) is 5.82 Å². The minimum Gasteiger partial charge on any atom is -0.350 e. The molecular formula is C19H21FN4O2. The Morgan fingerprint density at radius 3 is 2.81 bits per heavy atom. The van der Waals surface area contributed by atoms with Crippen molar-refractivity contribution in [2.45, 2.75) is 39.3 Å². The normalized spacial score (nSPS) is 12.5. The summed E-state index contributed by atoms with van der Waals surface area (Å²) in [6.07, 6.45) is 3.45. The van der Waals surface area contributed by atoms with Crippen LogP contribution >= 0.6 is 0 Å². The molecule has 1 aromatic carbocycles. The van der Waals surface area contributed by atoms with Gasteiger partial charge in [-0.25, -0.2) is 9.37 Å². The number of hydrogen-bond donors (Lipinski definition) is 2. The molecule has 0 aliphatic heterocycles. The molecule has 3 rings (SSSR count). The summed E-state index contributed by atoms with van der Waals surface area (Å²) in [5.74, 6) is 0.412. The smallest absolute Gasteiger partial charge is 0.253 e. The molecule has 2 N–H and O–H groups in total. The number of nitrogens with one attached hydrogen (secondary N) is 2. The van der Waals surface area contributed by atoms with Gasteiger partial charge in [0.05, 0.1) is 5.52 Å². The van der Waals surface area contributed by atoms with Gasteiger partial charge in [-0.3, -0.25) is 9.59 Å². The van der Waals surface area contributed by atoms with Crippen molar-refractivity contribution in [1.29, 1.82) is 0 Å². The van der Waals surface area contributed by atoms with E-state index in [0.29, 0.717) is 16.5 Å². The van der Waals surface area contributed by atoms with E-state index in [4.69, 9.17) is 0 Å². The van der Waals surface area contributed by atoms with Crippen LogP contribution < -0.4 is 10.9 Å². The number of H-pyrrole nitrogens is 1. The zero-order chi connectivity index (χ0) is 18.8. The number of rotatable bonds is 5. The van der Waals surface area contributed by atoms with Crippen LogP contribution in [0.4, 0.5) is 4.39 Å². The van der Waals surface area contributed by atoms with Crippen molar-refractivity contribution in [3.63, 3.8) is 0 Å².